The highest BCUT2D eigenvalue weighted by atomic mass is 79.9. The molecule has 0 aliphatic carbocycles. The number of benzene rings is 2. The fourth-order valence-corrected chi connectivity index (χ4v) is 2.34. The first-order valence-corrected chi connectivity index (χ1v) is 7.02. The van der Waals surface area contributed by atoms with Crippen LogP contribution >= 0.6 is 27.5 Å². The number of hydrogen-bond donors (Lipinski definition) is 1. The highest BCUT2D eigenvalue weighted by molar-refractivity contribution is 9.10. The number of hydrogen-bond acceptors (Lipinski definition) is 1. The van der Waals surface area contributed by atoms with Crippen molar-refractivity contribution in [3.63, 3.8) is 0 Å². The molecule has 1 atom stereocenters. The van der Waals surface area contributed by atoms with Crippen LogP contribution in [0.25, 0.3) is 0 Å². The van der Waals surface area contributed by atoms with Gasteiger partial charge in [-0.3, -0.25) is 0 Å². The monoisotopic (exact) mass is 342 g/mol. The second-order valence-electron chi connectivity index (χ2n) is 4.46. The van der Waals surface area contributed by atoms with E-state index in [1.165, 1.54) is 6.07 Å². The maximum absolute atomic E-state index is 13.7. The lowest BCUT2D eigenvalue weighted by molar-refractivity contribution is 0.177. The number of halogens is 3. The molecule has 0 bridgehead atoms. The lowest BCUT2D eigenvalue weighted by Gasteiger charge is -2.13. The van der Waals surface area contributed by atoms with Crippen LogP contribution in [0, 0.1) is 12.7 Å². The Labute approximate surface area is 125 Å². The Bertz CT molecular complexity index is 601. The molecule has 1 nitrogen and oxygen atoms in total. The zero-order valence-corrected chi connectivity index (χ0v) is 12.7. The van der Waals surface area contributed by atoms with Gasteiger partial charge in [0.15, 0.2) is 0 Å². The van der Waals surface area contributed by atoms with Gasteiger partial charge >= 0.3 is 0 Å². The lowest BCUT2D eigenvalue weighted by atomic mass is 10.00. The summed E-state index contributed by atoms with van der Waals surface area (Å²) in [6.07, 6.45) is -0.508. The molecule has 0 radical (unpaired) electrons. The molecule has 2 aromatic carbocycles. The van der Waals surface area contributed by atoms with Gasteiger partial charge in [-0.2, -0.15) is 0 Å². The Morgan fingerprint density at radius 1 is 1.26 bits per heavy atom. The number of aliphatic hydroxyl groups is 1. The Hall–Kier alpha value is -0.900. The Kier molecular flexibility index (Phi) is 4.61. The van der Waals surface area contributed by atoms with E-state index in [1.54, 1.807) is 24.3 Å². The topological polar surface area (TPSA) is 20.2 Å². The third-order valence-corrected chi connectivity index (χ3v) is 3.91. The van der Waals surface area contributed by atoms with Gasteiger partial charge in [0.25, 0.3) is 0 Å². The second-order valence-corrected chi connectivity index (χ2v) is 5.79. The van der Waals surface area contributed by atoms with Crippen molar-refractivity contribution >= 4 is 27.5 Å². The first kappa shape index (κ1) is 14.5. The normalized spacial score (nSPS) is 12.5. The van der Waals surface area contributed by atoms with Crippen molar-refractivity contribution in [2.24, 2.45) is 0 Å². The number of aryl methyl sites for hydroxylation is 1. The van der Waals surface area contributed by atoms with Crippen LogP contribution < -0.4 is 0 Å². The molecule has 0 aromatic heterocycles. The van der Waals surface area contributed by atoms with Gasteiger partial charge in [0.05, 0.1) is 6.10 Å². The quantitative estimate of drug-likeness (QED) is 0.846. The van der Waals surface area contributed by atoms with Crippen LogP contribution in [0.4, 0.5) is 4.39 Å². The molecule has 0 fully saturated rings. The van der Waals surface area contributed by atoms with Crippen LogP contribution in [0.1, 0.15) is 22.8 Å². The first-order valence-electron chi connectivity index (χ1n) is 5.85. The molecule has 19 heavy (non-hydrogen) atoms. The van der Waals surface area contributed by atoms with Gasteiger partial charge in [-0.1, -0.05) is 45.7 Å². The van der Waals surface area contributed by atoms with Crippen LogP contribution in [-0.4, -0.2) is 5.11 Å². The minimum absolute atomic E-state index is 0.236. The fourth-order valence-electron chi connectivity index (χ4n) is 1.89. The van der Waals surface area contributed by atoms with Gasteiger partial charge in [-0.25, -0.2) is 4.39 Å². The Balaban J connectivity index is 2.20. The molecule has 100 valence electrons. The van der Waals surface area contributed by atoms with Crippen molar-refractivity contribution in [2.45, 2.75) is 19.4 Å². The molecule has 0 aliphatic rings. The zero-order valence-electron chi connectivity index (χ0n) is 10.3. The largest absolute Gasteiger partial charge is 0.388 e. The van der Waals surface area contributed by atoms with Crippen molar-refractivity contribution in [2.75, 3.05) is 0 Å². The van der Waals surface area contributed by atoms with E-state index in [2.05, 4.69) is 15.9 Å². The lowest BCUT2D eigenvalue weighted by Crippen LogP contribution is -2.04. The molecule has 1 unspecified atom stereocenters. The number of rotatable bonds is 3. The molecule has 0 saturated carbocycles. The summed E-state index contributed by atoms with van der Waals surface area (Å²) in [4.78, 5) is 0. The molecule has 1 N–H and O–H groups in total. The smallest absolute Gasteiger partial charge is 0.127 e. The molecule has 0 aliphatic heterocycles. The maximum Gasteiger partial charge on any atom is 0.127 e. The van der Waals surface area contributed by atoms with E-state index in [-0.39, 0.29) is 12.2 Å². The van der Waals surface area contributed by atoms with Crippen molar-refractivity contribution in [3.8, 4) is 0 Å². The predicted octanol–water partition coefficient (Wildman–Crippen LogP) is 4.83. The molecule has 0 amide bonds. The van der Waals surface area contributed by atoms with E-state index in [0.717, 1.165) is 11.1 Å². The van der Waals surface area contributed by atoms with Crippen molar-refractivity contribution in [1.29, 1.82) is 0 Å². The fraction of sp³-hybridized carbons (Fsp3) is 0.200. The molecule has 0 spiro atoms. The minimum atomic E-state index is -0.744. The van der Waals surface area contributed by atoms with E-state index < -0.39 is 6.10 Å². The SMILES string of the molecule is Cc1cc(C(O)Cc2ccc(Br)cc2F)ccc1Cl. The highest BCUT2D eigenvalue weighted by Crippen LogP contribution is 2.25. The Morgan fingerprint density at radius 2 is 2.00 bits per heavy atom. The summed E-state index contributed by atoms with van der Waals surface area (Å²) in [7, 11) is 0. The predicted molar refractivity (Wildman–Crippen MR) is 79.0 cm³/mol. The van der Waals surface area contributed by atoms with E-state index in [9.17, 15) is 9.50 Å². The third-order valence-electron chi connectivity index (χ3n) is 3.00. The van der Waals surface area contributed by atoms with Crippen LogP contribution in [0.5, 0.6) is 0 Å². The van der Waals surface area contributed by atoms with Gasteiger partial charge in [-0.05, 0) is 41.8 Å². The molecular weight excluding hydrogens is 331 g/mol. The van der Waals surface area contributed by atoms with Gasteiger partial charge in [0.1, 0.15) is 5.82 Å². The van der Waals surface area contributed by atoms with Crippen LogP contribution in [-0.2, 0) is 6.42 Å². The summed E-state index contributed by atoms with van der Waals surface area (Å²) in [5.74, 6) is -0.320. The molecule has 0 saturated heterocycles. The summed E-state index contributed by atoms with van der Waals surface area (Å²) in [6.45, 7) is 1.87. The Morgan fingerprint density at radius 3 is 2.63 bits per heavy atom. The summed E-state index contributed by atoms with van der Waals surface area (Å²) in [6, 6.07) is 10.2. The molecule has 4 heteroatoms. The second kappa shape index (κ2) is 6.04. The standard InChI is InChI=1S/C15H13BrClFO/c1-9-6-11(3-5-13(9)17)15(19)7-10-2-4-12(16)8-14(10)18/h2-6,8,15,19H,7H2,1H3. The van der Waals surface area contributed by atoms with E-state index >= 15 is 0 Å². The van der Waals surface area contributed by atoms with E-state index in [4.69, 9.17) is 11.6 Å². The van der Waals surface area contributed by atoms with E-state index in [1.807, 2.05) is 13.0 Å². The minimum Gasteiger partial charge on any atom is -0.388 e. The molecule has 2 rings (SSSR count). The van der Waals surface area contributed by atoms with Crippen molar-refractivity contribution in [1.82, 2.24) is 0 Å². The summed E-state index contributed by atoms with van der Waals surface area (Å²) >= 11 is 9.15. The van der Waals surface area contributed by atoms with Gasteiger partial charge in [-0.15, -0.1) is 0 Å². The maximum atomic E-state index is 13.7. The summed E-state index contributed by atoms with van der Waals surface area (Å²) in [5.41, 5.74) is 2.13. The molecule has 2 aromatic rings. The highest BCUT2D eigenvalue weighted by Gasteiger charge is 2.12. The number of aliphatic hydroxyl groups excluding tert-OH is 1. The van der Waals surface area contributed by atoms with E-state index in [0.29, 0.717) is 15.1 Å². The van der Waals surface area contributed by atoms with Gasteiger partial charge < -0.3 is 5.11 Å². The molecule has 0 heterocycles. The van der Waals surface area contributed by atoms with Crippen molar-refractivity contribution in [3.05, 3.63) is 68.4 Å². The molecular formula is C15H13BrClFO. The summed E-state index contributed by atoms with van der Waals surface area (Å²) in [5, 5.41) is 10.8. The van der Waals surface area contributed by atoms with Crippen LogP contribution in [0.2, 0.25) is 5.02 Å². The van der Waals surface area contributed by atoms with Gasteiger partial charge in [0, 0.05) is 15.9 Å². The average Bonchev–Trinajstić information content (AvgIpc) is 2.36. The summed E-state index contributed by atoms with van der Waals surface area (Å²) < 4.78 is 14.4. The third kappa shape index (κ3) is 3.56. The first-order chi connectivity index (χ1) is 8.97. The van der Waals surface area contributed by atoms with Gasteiger partial charge in [0.2, 0.25) is 0 Å². The van der Waals surface area contributed by atoms with Crippen LogP contribution in [0.3, 0.4) is 0 Å². The zero-order chi connectivity index (χ0) is 14.0. The average molecular weight is 344 g/mol. The van der Waals surface area contributed by atoms with Crippen molar-refractivity contribution < 1.29 is 9.50 Å². The van der Waals surface area contributed by atoms with Crippen LogP contribution in [0.15, 0.2) is 40.9 Å².